The number of fused-ring (bicyclic) bond motifs is 2. The molecule has 1 aromatic carbocycles. The molecule has 0 radical (unpaired) electrons. The highest BCUT2D eigenvalue weighted by molar-refractivity contribution is 6.08. The van der Waals surface area contributed by atoms with Crippen LogP contribution in [0.15, 0.2) is 24.4 Å². The van der Waals surface area contributed by atoms with Gasteiger partial charge in [0.25, 0.3) is 5.91 Å². The molecule has 0 saturated carbocycles. The molecule has 4 rings (SSSR count). The second-order valence-electron chi connectivity index (χ2n) is 6.81. The molecule has 1 amide bonds. The molecular weight excluding hydrogens is 344 g/mol. The normalized spacial score (nSPS) is 15.5. The van der Waals surface area contributed by atoms with E-state index in [2.05, 4.69) is 15.4 Å². The Hall–Kier alpha value is -3.09. The summed E-state index contributed by atoms with van der Waals surface area (Å²) in [5, 5.41) is 7.22. The topological polar surface area (TPSA) is 77.8 Å². The lowest BCUT2D eigenvalue weighted by molar-refractivity contribution is 0.102. The van der Waals surface area contributed by atoms with Gasteiger partial charge >= 0.3 is 0 Å². The Labute approximate surface area is 157 Å². The van der Waals surface area contributed by atoms with Gasteiger partial charge < -0.3 is 14.8 Å². The number of carbonyl (C=O) groups is 1. The largest absolute Gasteiger partial charge is 0.492 e. The SMILES string of the molecule is CCOc1cc2c(cc1NC(=O)c1cnn3c(C)cc(C)nc13)O[C@@H](C)C2. The van der Waals surface area contributed by atoms with Crippen molar-refractivity contribution < 1.29 is 14.3 Å². The van der Waals surface area contributed by atoms with Crippen molar-refractivity contribution in [3.05, 3.63) is 46.9 Å². The van der Waals surface area contributed by atoms with Crippen molar-refractivity contribution in [2.75, 3.05) is 11.9 Å². The molecular formula is C20H22N4O3. The number of nitrogens with one attached hydrogen (secondary N) is 1. The zero-order chi connectivity index (χ0) is 19.1. The molecule has 1 atom stereocenters. The molecule has 0 unspecified atom stereocenters. The Kier molecular flexibility index (Phi) is 4.22. The molecule has 3 heterocycles. The van der Waals surface area contributed by atoms with E-state index in [1.807, 2.05) is 45.9 Å². The fraction of sp³-hybridized carbons (Fsp3) is 0.350. The van der Waals surface area contributed by atoms with E-state index < -0.39 is 0 Å². The van der Waals surface area contributed by atoms with E-state index in [0.717, 1.165) is 29.1 Å². The number of rotatable bonds is 4. The summed E-state index contributed by atoms with van der Waals surface area (Å²) in [5.74, 6) is 1.14. The van der Waals surface area contributed by atoms with Crippen LogP contribution >= 0.6 is 0 Å². The number of carbonyl (C=O) groups excluding carboxylic acids is 1. The van der Waals surface area contributed by atoms with Gasteiger partial charge in [0.2, 0.25) is 0 Å². The van der Waals surface area contributed by atoms with Crippen LogP contribution in [0.3, 0.4) is 0 Å². The molecule has 3 aromatic rings. The average molecular weight is 366 g/mol. The Balaban J connectivity index is 1.70. The van der Waals surface area contributed by atoms with Crippen LogP contribution < -0.4 is 14.8 Å². The summed E-state index contributed by atoms with van der Waals surface area (Å²) in [7, 11) is 0. The van der Waals surface area contributed by atoms with Crippen LogP contribution in [-0.2, 0) is 6.42 Å². The summed E-state index contributed by atoms with van der Waals surface area (Å²) >= 11 is 0. The molecule has 0 fully saturated rings. The van der Waals surface area contributed by atoms with Gasteiger partial charge in [0.05, 0.1) is 18.5 Å². The predicted octanol–water partition coefficient (Wildman–Crippen LogP) is 3.32. The highest BCUT2D eigenvalue weighted by Crippen LogP contribution is 2.38. The Morgan fingerprint density at radius 3 is 2.96 bits per heavy atom. The first-order chi connectivity index (χ1) is 13.0. The van der Waals surface area contributed by atoms with Crippen molar-refractivity contribution in [3.8, 4) is 11.5 Å². The third-order valence-corrected chi connectivity index (χ3v) is 4.57. The summed E-state index contributed by atoms with van der Waals surface area (Å²) in [6, 6.07) is 5.70. The minimum absolute atomic E-state index is 0.121. The molecule has 2 aromatic heterocycles. The molecule has 1 N–H and O–H groups in total. The van der Waals surface area contributed by atoms with Crippen LogP contribution in [0.2, 0.25) is 0 Å². The third kappa shape index (κ3) is 3.09. The maximum absolute atomic E-state index is 12.9. The van der Waals surface area contributed by atoms with Gasteiger partial charge in [-0.05, 0) is 39.8 Å². The van der Waals surface area contributed by atoms with Gasteiger partial charge in [0.15, 0.2) is 5.65 Å². The first kappa shape index (κ1) is 17.3. The monoisotopic (exact) mass is 366 g/mol. The molecule has 7 heteroatoms. The van der Waals surface area contributed by atoms with Crippen molar-refractivity contribution in [2.45, 2.75) is 40.2 Å². The van der Waals surface area contributed by atoms with Crippen LogP contribution in [0, 0.1) is 13.8 Å². The number of anilines is 1. The minimum Gasteiger partial charge on any atom is -0.492 e. The fourth-order valence-corrected chi connectivity index (χ4v) is 3.43. The summed E-state index contributed by atoms with van der Waals surface area (Å²) < 4.78 is 13.2. The van der Waals surface area contributed by atoms with Gasteiger partial charge in [-0.25, -0.2) is 9.50 Å². The van der Waals surface area contributed by atoms with E-state index in [4.69, 9.17) is 9.47 Å². The Morgan fingerprint density at radius 2 is 2.19 bits per heavy atom. The molecule has 0 aliphatic carbocycles. The number of ether oxygens (including phenoxy) is 2. The maximum Gasteiger partial charge on any atom is 0.261 e. The molecule has 1 aliphatic rings. The lowest BCUT2D eigenvalue weighted by Gasteiger charge is -2.13. The van der Waals surface area contributed by atoms with Crippen LogP contribution in [0.1, 0.15) is 41.2 Å². The van der Waals surface area contributed by atoms with E-state index >= 15 is 0 Å². The standard InChI is InChI=1S/C20H22N4O3/c1-5-26-18-8-14-7-13(4)27-17(14)9-16(18)23-20(25)15-10-21-24-12(3)6-11(2)22-19(15)24/h6,8-10,13H,5,7H2,1-4H3,(H,23,25)/t13-/m0/s1. The quantitative estimate of drug-likeness (QED) is 0.766. The molecule has 140 valence electrons. The van der Waals surface area contributed by atoms with Gasteiger partial charge in [-0.1, -0.05) is 0 Å². The second kappa shape index (κ2) is 6.57. The van der Waals surface area contributed by atoms with Crippen molar-refractivity contribution in [1.82, 2.24) is 14.6 Å². The lowest BCUT2D eigenvalue weighted by Crippen LogP contribution is -2.13. The summed E-state index contributed by atoms with van der Waals surface area (Å²) in [4.78, 5) is 17.4. The average Bonchev–Trinajstić information content (AvgIpc) is 3.17. The number of benzene rings is 1. The van der Waals surface area contributed by atoms with E-state index in [9.17, 15) is 4.79 Å². The first-order valence-corrected chi connectivity index (χ1v) is 9.06. The van der Waals surface area contributed by atoms with E-state index in [0.29, 0.717) is 29.3 Å². The lowest BCUT2D eigenvalue weighted by atomic mass is 10.1. The van der Waals surface area contributed by atoms with E-state index in [1.54, 1.807) is 4.52 Å². The number of hydrogen-bond donors (Lipinski definition) is 1. The van der Waals surface area contributed by atoms with Crippen LogP contribution in [0.4, 0.5) is 5.69 Å². The summed E-state index contributed by atoms with van der Waals surface area (Å²) in [6.45, 7) is 8.28. The zero-order valence-electron chi connectivity index (χ0n) is 15.9. The maximum atomic E-state index is 12.9. The molecule has 27 heavy (non-hydrogen) atoms. The summed E-state index contributed by atoms with van der Waals surface area (Å²) in [6.07, 6.45) is 2.49. The first-order valence-electron chi connectivity index (χ1n) is 9.06. The van der Waals surface area contributed by atoms with Gasteiger partial charge in [-0.3, -0.25) is 4.79 Å². The van der Waals surface area contributed by atoms with E-state index in [-0.39, 0.29) is 12.0 Å². The van der Waals surface area contributed by atoms with E-state index in [1.165, 1.54) is 6.20 Å². The van der Waals surface area contributed by atoms with Crippen molar-refractivity contribution in [2.24, 2.45) is 0 Å². The number of aromatic nitrogens is 3. The highest BCUT2D eigenvalue weighted by Gasteiger charge is 2.24. The van der Waals surface area contributed by atoms with Crippen molar-refractivity contribution in [1.29, 1.82) is 0 Å². The summed E-state index contributed by atoms with van der Waals surface area (Å²) in [5.41, 5.74) is 4.38. The fourth-order valence-electron chi connectivity index (χ4n) is 3.43. The Morgan fingerprint density at radius 1 is 1.37 bits per heavy atom. The molecule has 0 bridgehead atoms. The van der Waals surface area contributed by atoms with Crippen molar-refractivity contribution >= 4 is 17.2 Å². The number of hydrogen-bond acceptors (Lipinski definition) is 5. The van der Waals surface area contributed by atoms with Gasteiger partial charge in [0.1, 0.15) is 23.2 Å². The van der Waals surface area contributed by atoms with Gasteiger partial charge in [0, 0.05) is 29.4 Å². The number of aryl methyl sites for hydroxylation is 2. The Bertz CT molecular complexity index is 1040. The van der Waals surface area contributed by atoms with Crippen LogP contribution in [-0.4, -0.2) is 33.2 Å². The molecule has 0 spiro atoms. The molecule has 1 aliphatic heterocycles. The third-order valence-electron chi connectivity index (χ3n) is 4.57. The van der Waals surface area contributed by atoms with Crippen LogP contribution in [0.25, 0.3) is 5.65 Å². The molecule has 0 saturated heterocycles. The number of amides is 1. The smallest absolute Gasteiger partial charge is 0.261 e. The number of nitrogens with zero attached hydrogens (tertiary/aromatic N) is 3. The predicted molar refractivity (Wildman–Crippen MR) is 102 cm³/mol. The van der Waals surface area contributed by atoms with Gasteiger partial charge in [-0.2, -0.15) is 5.10 Å². The van der Waals surface area contributed by atoms with Crippen molar-refractivity contribution in [3.63, 3.8) is 0 Å². The highest BCUT2D eigenvalue weighted by atomic mass is 16.5. The van der Waals surface area contributed by atoms with Gasteiger partial charge in [-0.15, -0.1) is 0 Å². The van der Waals surface area contributed by atoms with Crippen LogP contribution in [0.5, 0.6) is 11.5 Å². The minimum atomic E-state index is -0.283. The molecule has 7 nitrogen and oxygen atoms in total. The zero-order valence-corrected chi connectivity index (χ0v) is 15.9. The second-order valence-corrected chi connectivity index (χ2v) is 6.81.